The largest absolute Gasteiger partial charge is 0.433 e. The predicted octanol–water partition coefficient (Wildman–Crippen LogP) is 7.05. The van der Waals surface area contributed by atoms with Crippen LogP contribution in [0.3, 0.4) is 0 Å². The highest BCUT2D eigenvalue weighted by molar-refractivity contribution is 7.98. The van der Waals surface area contributed by atoms with Crippen molar-refractivity contribution in [2.75, 3.05) is 12.9 Å². The number of carbonyl (C=O) groups is 1. The number of carbonyl (C=O) groups excluding carboxylic acids is 1. The van der Waals surface area contributed by atoms with Gasteiger partial charge < -0.3 is 18.9 Å². The topological polar surface area (TPSA) is 56.6 Å². The molecule has 2 rings (SSSR count). The van der Waals surface area contributed by atoms with E-state index in [9.17, 15) is 9.18 Å². The van der Waals surface area contributed by atoms with Crippen LogP contribution in [0.5, 0.6) is 0 Å². The molecule has 1 atom stereocenters. The lowest BCUT2D eigenvalue weighted by molar-refractivity contribution is 0.0459. The molecule has 6 nitrogen and oxygen atoms in total. The van der Waals surface area contributed by atoms with Gasteiger partial charge in [0.1, 0.15) is 17.6 Å². The maximum Gasteiger partial charge on any atom is 0.411 e. The van der Waals surface area contributed by atoms with Crippen molar-refractivity contribution in [2.45, 2.75) is 83.3 Å². The van der Waals surface area contributed by atoms with E-state index in [0.29, 0.717) is 18.0 Å². The highest BCUT2D eigenvalue weighted by Gasteiger charge is 2.30. The van der Waals surface area contributed by atoms with Gasteiger partial charge in [-0.1, -0.05) is 37.3 Å². The molecule has 0 spiro atoms. The average molecular weight is 530 g/mol. The van der Waals surface area contributed by atoms with Gasteiger partial charge >= 0.3 is 6.09 Å². The number of halogens is 2. The van der Waals surface area contributed by atoms with E-state index in [-0.39, 0.29) is 23.8 Å². The Morgan fingerprint density at radius 1 is 1.24 bits per heavy atom. The van der Waals surface area contributed by atoms with E-state index in [4.69, 9.17) is 26.1 Å². The highest BCUT2D eigenvalue weighted by atomic mass is 35.5. The van der Waals surface area contributed by atoms with Crippen molar-refractivity contribution in [3.8, 4) is 0 Å². The normalized spacial score (nSPS) is 12.9. The van der Waals surface area contributed by atoms with Crippen molar-refractivity contribution in [1.82, 2.24) is 14.5 Å². The second kappa shape index (κ2) is 12.4. The van der Waals surface area contributed by atoms with Crippen LogP contribution in [0.4, 0.5) is 9.18 Å². The number of rotatable bonds is 11. The summed E-state index contributed by atoms with van der Waals surface area (Å²) in [4.78, 5) is 19.6. The minimum atomic E-state index is -1.23. The fourth-order valence-corrected chi connectivity index (χ4v) is 4.85. The van der Waals surface area contributed by atoms with E-state index in [0.717, 1.165) is 11.1 Å². The van der Waals surface area contributed by atoms with Crippen LogP contribution in [0.2, 0.25) is 30.7 Å². The molecule has 1 heterocycles. The Morgan fingerprint density at radius 3 is 2.41 bits per heavy atom. The summed E-state index contributed by atoms with van der Waals surface area (Å²) in [6, 6.07) is 5.24. The fourth-order valence-electron chi connectivity index (χ4n) is 3.48. The van der Waals surface area contributed by atoms with Gasteiger partial charge in [-0.25, -0.2) is 14.2 Å². The van der Waals surface area contributed by atoms with Gasteiger partial charge in [0.2, 0.25) is 0 Å². The molecule has 0 bridgehead atoms. The zero-order chi connectivity index (χ0) is 25.6. The van der Waals surface area contributed by atoms with Gasteiger partial charge in [-0.3, -0.25) is 0 Å². The maximum absolute atomic E-state index is 13.9. The van der Waals surface area contributed by atoms with Crippen LogP contribution in [0.25, 0.3) is 0 Å². The monoisotopic (exact) mass is 529 g/mol. The van der Waals surface area contributed by atoms with Crippen molar-refractivity contribution in [3.05, 3.63) is 46.6 Å². The van der Waals surface area contributed by atoms with Gasteiger partial charge in [0, 0.05) is 38.5 Å². The van der Waals surface area contributed by atoms with E-state index in [1.807, 2.05) is 44.7 Å². The van der Waals surface area contributed by atoms with Crippen LogP contribution < -0.4 is 0 Å². The number of nitrogens with zero attached hydrogens (tertiary/aromatic N) is 3. The summed E-state index contributed by atoms with van der Waals surface area (Å²) in [5.74, 6) is -0.0369. The third kappa shape index (κ3) is 8.00. The third-order valence-corrected chi connectivity index (χ3v) is 7.85. The Labute approximate surface area is 213 Å². The summed E-state index contributed by atoms with van der Waals surface area (Å²) < 4.78 is 27.8. The Hall–Kier alpha value is -1.55. The molecular weight excluding hydrogens is 493 g/mol. The Morgan fingerprint density at radius 2 is 1.88 bits per heavy atom. The second-order valence-corrected chi connectivity index (χ2v) is 16.8. The molecule has 0 aliphatic carbocycles. The Kier molecular flexibility index (Phi) is 10.5. The molecule has 0 aliphatic rings. The van der Waals surface area contributed by atoms with Gasteiger partial charge in [-0.15, -0.1) is 11.8 Å². The molecule has 1 aromatic carbocycles. The molecule has 10 heteroatoms. The van der Waals surface area contributed by atoms with Crippen LogP contribution >= 0.6 is 23.4 Å². The molecule has 0 N–H and O–H groups in total. The van der Waals surface area contributed by atoms with Crippen LogP contribution in [-0.4, -0.2) is 53.6 Å². The van der Waals surface area contributed by atoms with Gasteiger partial charge in [0.15, 0.2) is 11.9 Å². The summed E-state index contributed by atoms with van der Waals surface area (Å²) in [7, 11) is -1.23. The molecule has 1 aromatic heterocycles. The van der Waals surface area contributed by atoms with E-state index < -0.39 is 26.1 Å². The SMILES string of the molecule is CSc1cn(COCC[Si](C)(C)C)c(C(OC(=O)N(C(C)C)C(C)C)c2ccc(F)c(Cl)c2)n1. The molecule has 0 aliphatic heterocycles. The molecular formula is C24H37ClFN3O3SSi. The van der Waals surface area contributed by atoms with E-state index in [1.165, 1.54) is 23.9 Å². The quantitative estimate of drug-likeness (QED) is 0.177. The fraction of sp³-hybridized carbons (Fsp3) is 0.583. The van der Waals surface area contributed by atoms with Gasteiger partial charge in [-0.05, 0) is 52.1 Å². The number of aromatic nitrogens is 2. The molecule has 190 valence electrons. The molecule has 1 unspecified atom stereocenters. The minimum Gasteiger partial charge on any atom is -0.433 e. The lowest BCUT2D eigenvalue weighted by Crippen LogP contribution is -2.43. The van der Waals surface area contributed by atoms with Crippen LogP contribution in [0.15, 0.2) is 29.4 Å². The molecule has 0 saturated carbocycles. The van der Waals surface area contributed by atoms with Gasteiger partial charge in [0.05, 0.1) is 5.02 Å². The summed E-state index contributed by atoms with van der Waals surface area (Å²) in [6.07, 6.45) is 2.45. The Balaban J connectivity index is 2.44. The standard InChI is InChI=1S/C24H37ClFN3O3SSi/c1-16(2)29(17(3)4)24(30)32-22(18-9-10-20(26)19(25)13-18)23-27-21(33-5)14-28(23)15-31-11-12-34(6,7)8/h9-10,13-14,16-17,22H,11-12,15H2,1-8H3. The van der Waals surface area contributed by atoms with Crippen LogP contribution in [-0.2, 0) is 16.2 Å². The molecule has 34 heavy (non-hydrogen) atoms. The van der Waals surface area contributed by atoms with Crippen LogP contribution in [0.1, 0.15) is 45.2 Å². The lowest BCUT2D eigenvalue weighted by atomic mass is 10.1. The molecule has 0 radical (unpaired) electrons. The zero-order valence-electron chi connectivity index (χ0n) is 21.4. The van der Waals surface area contributed by atoms with Gasteiger partial charge in [-0.2, -0.15) is 0 Å². The minimum absolute atomic E-state index is 0.0438. The number of imidazole rings is 1. The second-order valence-electron chi connectivity index (χ2n) is 9.99. The van der Waals surface area contributed by atoms with Crippen molar-refractivity contribution >= 4 is 37.5 Å². The van der Waals surface area contributed by atoms with E-state index in [2.05, 4.69) is 19.6 Å². The molecule has 0 fully saturated rings. The lowest BCUT2D eigenvalue weighted by Gasteiger charge is -2.31. The predicted molar refractivity (Wildman–Crippen MR) is 140 cm³/mol. The number of amides is 1. The first kappa shape index (κ1) is 28.7. The maximum atomic E-state index is 13.9. The summed E-state index contributed by atoms with van der Waals surface area (Å²) in [6.45, 7) is 15.6. The molecule has 1 amide bonds. The summed E-state index contributed by atoms with van der Waals surface area (Å²) >= 11 is 7.57. The first-order valence-corrected chi connectivity index (χ1v) is 16.8. The van der Waals surface area contributed by atoms with Crippen LogP contribution in [0, 0.1) is 5.82 Å². The van der Waals surface area contributed by atoms with Crippen molar-refractivity contribution < 1.29 is 18.7 Å². The smallest absolute Gasteiger partial charge is 0.411 e. The van der Waals surface area contributed by atoms with Gasteiger partial charge in [0.25, 0.3) is 0 Å². The molecule has 0 saturated heterocycles. The number of thioether (sulfide) groups is 1. The summed E-state index contributed by atoms with van der Waals surface area (Å²) in [5, 5.41) is 0.723. The third-order valence-electron chi connectivity index (χ3n) is 5.24. The number of hydrogen-bond donors (Lipinski definition) is 0. The van der Waals surface area contributed by atoms with E-state index in [1.54, 1.807) is 11.0 Å². The van der Waals surface area contributed by atoms with E-state index >= 15 is 0 Å². The zero-order valence-corrected chi connectivity index (χ0v) is 24.0. The first-order valence-electron chi connectivity index (χ1n) is 11.5. The van der Waals surface area contributed by atoms with Crippen molar-refractivity contribution in [1.29, 1.82) is 0 Å². The Bertz CT molecular complexity index is 957. The highest BCUT2D eigenvalue weighted by Crippen LogP contribution is 2.31. The van der Waals surface area contributed by atoms with Crippen molar-refractivity contribution in [2.24, 2.45) is 0 Å². The number of hydrogen-bond acceptors (Lipinski definition) is 5. The average Bonchev–Trinajstić information content (AvgIpc) is 3.13. The van der Waals surface area contributed by atoms with Crippen molar-refractivity contribution in [3.63, 3.8) is 0 Å². The summed E-state index contributed by atoms with van der Waals surface area (Å²) in [5.41, 5.74) is 0.536. The number of ether oxygens (including phenoxy) is 2. The number of benzene rings is 1. The first-order chi connectivity index (χ1) is 15.8. The molecule has 2 aromatic rings.